The van der Waals surface area contributed by atoms with Crippen molar-refractivity contribution in [1.82, 2.24) is 4.90 Å². The molecule has 1 saturated heterocycles. The number of carbonyl (C=O) groups excluding carboxylic acids is 1. The van der Waals surface area contributed by atoms with Crippen LogP contribution in [0.2, 0.25) is 0 Å². The Morgan fingerprint density at radius 1 is 1.06 bits per heavy atom. The van der Waals surface area contributed by atoms with Crippen LogP contribution < -0.4 is 9.64 Å². The van der Waals surface area contributed by atoms with Crippen molar-refractivity contribution >= 4 is 17.8 Å². The minimum atomic E-state index is -0.177. The number of hydrogen-bond acceptors (Lipinski definition) is 5. The van der Waals surface area contributed by atoms with Gasteiger partial charge in [0.25, 0.3) is 5.91 Å². The van der Waals surface area contributed by atoms with Crippen LogP contribution in [0.1, 0.15) is 39.9 Å². The van der Waals surface area contributed by atoms with Gasteiger partial charge in [0.2, 0.25) is 0 Å². The second kappa shape index (κ2) is 9.20. The van der Waals surface area contributed by atoms with E-state index in [1.54, 1.807) is 12.3 Å². The van der Waals surface area contributed by atoms with Crippen molar-refractivity contribution in [3.8, 4) is 5.75 Å². The molecule has 3 aliphatic rings. The van der Waals surface area contributed by atoms with Gasteiger partial charge >= 0.3 is 0 Å². The van der Waals surface area contributed by atoms with E-state index in [2.05, 4.69) is 33.0 Å². The highest BCUT2D eigenvalue weighted by Gasteiger charge is 2.21. The van der Waals surface area contributed by atoms with Gasteiger partial charge in [-0.05, 0) is 61.2 Å². The van der Waals surface area contributed by atoms with Gasteiger partial charge in [-0.15, -0.1) is 0 Å². The van der Waals surface area contributed by atoms with Gasteiger partial charge in [-0.25, -0.2) is 4.99 Å². The number of aliphatic imine (C=N–C) groups is 1. The van der Waals surface area contributed by atoms with E-state index in [9.17, 15) is 4.79 Å². The Labute approximate surface area is 183 Å². The van der Waals surface area contributed by atoms with Gasteiger partial charge in [-0.3, -0.25) is 9.69 Å². The normalized spacial score (nSPS) is 18.2. The van der Waals surface area contributed by atoms with E-state index < -0.39 is 0 Å². The van der Waals surface area contributed by atoms with E-state index in [0.29, 0.717) is 12.2 Å². The number of unbranched alkanes of at least 4 members (excludes halogenated alkanes) is 1. The van der Waals surface area contributed by atoms with Crippen molar-refractivity contribution < 1.29 is 14.3 Å². The summed E-state index contributed by atoms with van der Waals surface area (Å²) >= 11 is 0. The minimum Gasteiger partial charge on any atom is -0.494 e. The van der Waals surface area contributed by atoms with Crippen LogP contribution in [-0.2, 0) is 17.8 Å². The average molecular weight is 420 g/mol. The predicted molar refractivity (Wildman–Crippen MR) is 122 cm³/mol. The summed E-state index contributed by atoms with van der Waals surface area (Å²) in [6.45, 7) is 7.74. The van der Waals surface area contributed by atoms with Crippen LogP contribution >= 0.6 is 0 Å². The summed E-state index contributed by atoms with van der Waals surface area (Å²) in [5.41, 5.74) is 5.76. The molecule has 6 nitrogen and oxygen atoms in total. The number of nitrogens with zero attached hydrogens (tertiary/aromatic N) is 3. The quantitative estimate of drug-likeness (QED) is 0.645. The summed E-state index contributed by atoms with van der Waals surface area (Å²) < 4.78 is 11.5. The lowest BCUT2D eigenvalue weighted by atomic mass is 10.00. The van der Waals surface area contributed by atoms with E-state index in [1.807, 2.05) is 12.1 Å². The van der Waals surface area contributed by atoms with Gasteiger partial charge in [-0.2, -0.15) is 0 Å². The molecule has 162 valence electrons. The fraction of sp³-hybridized carbons (Fsp3) is 0.440. The molecule has 0 bridgehead atoms. The first-order valence-electron chi connectivity index (χ1n) is 11.3. The number of fused-ring (bicyclic) bond motifs is 2. The molecule has 0 N–H and O–H groups in total. The summed E-state index contributed by atoms with van der Waals surface area (Å²) in [4.78, 5) is 20.6. The van der Waals surface area contributed by atoms with Crippen LogP contribution in [0.3, 0.4) is 0 Å². The number of amides is 1. The van der Waals surface area contributed by atoms with Crippen LogP contribution in [0.25, 0.3) is 0 Å². The van der Waals surface area contributed by atoms with Gasteiger partial charge in [0.15, 0.2) is 0 Å². The van der Waals surface area contributed by atoms with Crippen LogP contribution in [0, 0.1) is 0 Å². The molecule has 5 rings (SSSR count). The molecular weight excluding hydrogens is 390 g/mol. The van der Waals surface area contributed by atoms with E-state index in [4.69, 9.17) is 9.47 Å². The third-order valence-corrected chi connectivity index (χ3v) is 6.43. The summed E-state index contributed by atoms with van der Waals surface area (Å²) in [6.07, 6.45) is 4.76. The molecule has 3 aliphatic heterocycles. The van der Waals surface area contributed by atoms with E-state index in [1.165, 1.54) is 16.8 Å². The van der Waals surface area contributed by atoms with Gasteiger partial charge in [0.05, 0.1) is 25.4 Å². The zero-order valence-corrected chi connectivity index (χ0v) is 17.9. The zero-order valence-electron chi connectivity index (χ0n) is 17.9. The van der Waals surface area contributed by atoms with Crippen molar-refractivity contribution in [2.45, 2.75) is 25.9 Å². The van der Waals surface area contributed by atoms with E-state index in [0.717, 1.165) is 76.5 Å². The van der Waals surface area contributed by atoms with Crippen LogP contribution in [0.4, 0.5) is 5.69 Å². The highest BCUT2D eigenvalue weighted by Crippen LogP contribution is 2.29. The SMILES string of the molecule is O=C1N=Cc2ccc(OCCCCN3CCN(c4cccc5c4CCOC5)CC3)cc21. The molecule has 1 amide bonds. The zero-order chi connectivity index (χ0) is 21.0. The average Bonchev–Trinajstić information content (AvgIpc) is 3.19. The van der Waals surface area contributed by atoms with Gasteiger partial charge in [0.1, 0.15) is 5.75 Å². The molecule has 0 atom stereocenters. The number of rotatable bonds is 7. The summed E-state index contributed by atoms with van der Waals surface area (Å²) in [5, 5.41) is 0. The first kappa shape index (κ1) is 20.2. The standard InChI is InChI=1S/C25H29N3O3/c29-25-23-16-21(7-6-19(23)17-26-25)31-14-2-1-9-27-10-12-28(13-11-27)24-5-3-4-20-18-30-15-8-22(20)24/h3-7,16-17H,1-2,8-15,18H2. The topological polar surface area (TPSA) is 54.4 Å². The monoisotopic (exact) mass is 419 g/mol. The molecule has 3 heterocycles. The summed E-state index contributed by atoms with van der Waals surface area (Å²) in [7, 11) is 0. The Balaban J connectivity index is 1.03. The Morgan fingerprint density at radius 2 is 1.97 bits per heavy atom. The predicted octanol–water partition coefficient (Wildman–Crippen LogP) is 3.31. The third kappa shape index (κ3) is 4.50. The molecule has 0 unspecified atom stereocenters. The molecule has 2 aromatic rings. The number of ether oxygens (including phenoxy) is 2. The summed E-state index contributed by atoms with van der Waals surface area (Å²) in [5.74, 6) is 0.576. The number of piperazine rings is 1. The second-order valence-electron chi connectivity index (χ2n) is 8.41. The Kier molecular flexibility index (Phi) is 6.00. The third-order valence-electron chi connectivity index (χ3n) is 6.43. The highest BCUT2D eigenvalue weighted by molar-refractivity contribution is 6.13. The fourth-order valence-corrected chi connectivity index (χ4v) is 4.66. The maximum absolute atomic E-state index is 11.7. The van der Waals surface area contributed by atoms with Crippen molar-refractivity contribution in [3.05, 3.63) is 58.7 Å². The fourth-order valence-electron chi connectivity index (χ4n) is 4.66. The molecule has 0 spiro atoms. The Morgan fingerprint density at radius 3 is 2.87 bits per heavy atom. The lowest BCUT2D eigenvalue weighted by Crippen LogP contribution is -2.47. The highest BCUT2D eigenvalue weighted by atomic mass is 16.5. The second-order valence-corrected chi connectivity index (χ2v) is 8.41. The molecule has 0 radical (unpaired) electrons. The maximum Gasteiger partial charge on any atom is 0.277 e. The smallest absolute Gasteiger partial charge is 0.277 e. The number of carbonyl (C=O) groups is 1. The number of benzene rings is 2. The lowest BCUT2D eigenvalue weighted by Gasteiger charge is -2.38. The first-order valence-corrected chi connectivity index (χ1v) is 11.3. The van der Waals surface area contributed by atoms with Crippen LogP contribution in [0.15, 0.2) is 41.4 Å². The Bertz CT molecular complexity index is 980. The van der Waals surface area contributed by atoms with Crippen LogP contribution in [0.5, 0.6) is 5.75 Å². The number of hydrogen-bond donors (Lipinski definition) is 0. The van der Waals surface area contributed by atoms with Gasteiger partial charge in [0, 0.05) is 43.6 Å². The van der Waals surface area contributed by atoms with Crippen molar-refractivity contribution in [2.75, 3.05) is 50.8 Å². The molecule has 6 heteroatoms. The van der Waals surface area contributed by atoms with Crippen molar-refractivity contribution in [2.24, 2.45) is 4.99 Å². The molecule has 1 fully saturated rings. The van der Waals surface area contributed by atoms with Crippen LogP contribution in [-0.4, -0.2) is 63.0 Å². The van der Waals surface area contributed by atoms with Crippen molar-refractivity contribution in [3.63, 3.8) is 0 Å². The van der Waals surface area contributed by atoms with E-state index >= 15 is 0 Å². The molecule has 2 aromatic carbocycles. The summed E-state index contributed by atoms with van der Waals surface area (Å²) in [6, 6.07) is 12.3. The van der Waals surface area contributed by atoms with E-state index in [-0.39, 0.29) is 5.91 Å². The maximum atomic E-state index is 11.7. The first-order chi connectivity index (χ1) is 15.3. The molecule has 0 saturated carbocycles. The molecule has 0 aliphatic carbocycles. The molecular formula is C25H29N3O3. The van der Waals surface area contributed by atoms with Gasteiger partial charge < -0.3 is 14.4 Å². The van der Waals surface area contributed by atoms with Crippen molar-refractivity contribution in [1.29, 1.82) is 0 Å². The largest absolute Gasteiger partial charge is 0.494 e. The molecule has 31 heavy (non-hydrogen) atoms. The van der Waals surface area contributed by atoms with Gasteiger partial charge in [-0.1, -0.05) is 12.1 Å². The number of anilines is 1. The Hall–Kier alpha value is -2.70. The minimum absolute atomic E-state index is 0.177. The molecule has 0 aromatic heterocycles. The lowest BCUT2D eigenvalue weighted by molar-refractivity contribution is 0.101.